The molecular weight excluding hydrogens is 212 g/mol. The summed E-state index contributed by atoms with van der Waals surface area (Å²) in [4.78, 5) is 0. The topological polar surface area (TPSA) is 29.5 Å². The standard InChI is InChI=1S/C15H30O2/c1-13(2)7-3-4-8-14(16)9-5-6-10-15-11-12-17-15/h13-16H,3-12H2,1-2H3. The van der Waals surface area contributed by atoms with E-state index in [1.165, 1.54) is 38.5 Å². The molecule has 102 valence electrons. The van der Waals surface area contributed by atoms with Crippen LogP contribution >= 0.6 is 0 Å². The third kappa shape index (κ3) is 7.77. The zero-order valence-corrected chi connectivity index (χ0v) is 11.7. The van der Waals surface area contributed by atoms with Crippen molar-refractivity contribution in [2.75, 3.05) is 6.61 Å². The van der Waals surface area contributed by atoms with E-state index >= 15 is 0 Å². The van der Waals surface area contributed by atoms with Gasteiger partial charge in [0, 0.05) is 6.61 Å². The van der Waals surface area contributed by atoms with Gasteiger partial charge in [0.05, 0.1) is 12.2 Å². The lowest BCUT2D eigenvalue weighted by Crippen LogP contribution is -2.26. The van der Waals surface area contributed by atoms with Crippen molar-refractivity contribution in [2.45, 2.75) is 83.8 Å². The van der Waals surface area contributed by atoms with Crippen LogP contribution in [0.5, 0.6) is 0 Å². The second-order valence-electron chi connectivity index (χ2n) is 5.90. The van der Waals surface area contributed by atoms with Crippen LogP contribution in [-0.4, -0.2) is 23.9 Å². The molecule has 0 aromatic carbocycles. The Morgan fingerprint density at radius 3 is 2.18 bits per heavy atom. The summed E-state index contributed by atoms with van der Waals surface area (Å²) in [5.41, 5.74) is 0. The van der Waals surface area contributed by atoms with Crippen LogP contribution in [0.25, 0.3) is 0 Å². The maximum atomic E-state index is 9.82. The summed E-state index contributed by atoms with van der Waals surface area (Å²) >= 11 is 0. The van der Waals surface area contributed by atoms with Crippen molar-refractivity contribution in [3.63, 3.8) is 0 Å². The molecular formula is C15H30O2. The number of unbranched alkanes of at least 4 members (excludes halogenated alkanes) is 2. The SMILES string of the molecule is CC(C)CCCCC(O)CCCCC1CCO1. The van der Waals surface area contributed by atoms with Crippen molar-refractivity contribution >= 4 is 0 Å². The molecule has 0 amide bonds. The average molecular weight is 242 g/mol. The first-order valence-corrected chi connectivity index (χ1v) is 7.48. The van der Waals surface area contributed by atoms with Gasteiger partial charge in [0.25, 0.3) is 0 Å². The lowest BCUT2D eigenvalue weighted by atomic mass is 10.00. The van der Waals surface area contributed by atoms with E-state index in [2.05, 4.69) is 13.8 Å². The van der Waals surface area contributed by atoms with Crippen LogP contribution in [0.4, 0.5) is 0 Å². The Labute approximate surface area is 107 Å². The molecule has 1 fully saturated rings. The lowest BCUT2D eigenvalue weighted by Gasteiger charge is -2.26. The van der Waals surface area contributed by atoms with Crippen LogP contribution < -0.4 is 0 Å². The number of rotatable bonds is 10. The molecule has 1 aliphatic heterocycles. The summed E-state index contributed by atoms with van der Waals surface area (Å²) in [6.45, 7) is 5.49. The monoisotopic (exact) mass is 242 g/mol. The van der Waals surface area contributed by atoms with Crippen LogP contribution in [-0.2, 0) is 4.74 Å². The van der Waals surface area contributed by atoms with Crippen LogP contribution in [0, 0.1) is 5.92 Å². The Balaban J connectivity index is 1.81. The predicted octanol–water partition coefficient (Wildman–Crippen LogP) is 3.91. The number of aliphatic hydroxyl groups excluding tert-OH is 1. The highest BCUT2D eigenvalue weighted by Crippen LogP contribution is 2.19. The molecule has 1 N–H and O–H groups in total. The van der Waals surface area contributed by atoms with Crippen LogP contribution in [0.15, 0.2) is 0 Å². The smallest absolute Gasteiger partial charge is 0.0597 e. The molecule has 2 nitrogen and oxygen atoms in total. The van der Waals surface area contributed by atoms with E-state index in [0.717, 1.165) is 31.8 Å². The van der Waals surface area contributed by atoms with Crippen LogP contribution in [0.1, 0.15) is 71.6 Å². The summed E-state index contributed by atoms with van der Waals surface area (Å²) in [7, 11) is 0. The Morgan fingerprint density at radius 1 is 1.06 bits per heavy atom. The fourth-order valence-electron chi connectivity index (χ4n) is 2.34. The normalized spacial score (nSPS) is 21.5. The van der Waals surface area contributed by atoms with Crippen LogP contribution in [0.2, 0.25) is 0 Å². The molecule has 0 spiro atoms. The quantitative estimate of drug-likeness (QED) is 0.588. The van der Waals surface area contributed by atoms with Gasteiger partial charge < -0.3 is 9.84 Å². The lowest BCUT2D eigenvalue weighted by molar-refractivity contribution is -0.0558. The Bertz CT molecular complexity index is 176. The van der Waals surface area contributed by atoms with E-state index in [4.69, 9.17) is 4.74 Å². The third-order valence-corrected chi connectivity index (χ3v) is 3.68. The van der Waals surface area contributed by atoms with Crippen LogP contribution in [0.3, 0.4) is 0 Å². The molecule has 0 radical (unpaired) electrons. The molecule has 0 aliphatic carbocycles. The van der Waals surface area contributed by atoms with E-state index in [1.54, 1.807) is 0 Å². The fourth-order valence-corrected chi connectivity index (χ4v) is 2.34. The zero-order valence-electron chi connectivity index (χ0n) is 11.7. The van der Waals surface area contributed by atoms with E-state index in [-0.39, 0.29) is 6.10 Å². The molecule has 0 aromatic rings. The van der Waals surface area contributed by atoms with Gasteiger partial charge in [-0.2, -0.15) is 0 Å². The Kier molecular flexibility index (Phi) is 7.87. The second kappa shape index (κ2) is 8.93. The highest BCUT2D eigenvalue weighted by atomic mass is 16.5. The van der Waals surface area contributed by atoms with Gasteiger partial charge in [-0.3, -0.25) is 0 Å². The van der Waals surface area contributed by atoms with Gasteiger partial charge in [-0.05, 0) is 31.6 Å². The highest BCUT2D eigenvalue weighted by molar-refractivity contribution is 4.66. The fraction of sp³-hybridized carbons (Fsp3) is 1.00. The number of hydrogen-bond acceptors (Lipinski definition) is 2. The zero-order chi connectivity index (χ0) is 12.5. The first-order chi connectivity index (χ1) is 8.18. The predicted molar refractivity (Wildman–Crippen MR) is 72.1 cm³/mol. The molecule has 0 saturated carbocycles. The summed E-state index contributed by atoms with van der Waals surface area (Å²) < 4.78 is 5.38. The summed E-state index contributed by atoms with van der Waals surface area (Å²) in [5, 5.41) is 9.82. The molecule has 17 heavy (non-hydrogen) atoms. The van der Waals surface area contributed by atoms with Crippen molar-refractivity contribution in [2.24, 2.45) is 5.92 Å². The van der Waals surface area contributed by atoms with E-state index in [0.29, 0.717) is 6.10 Å². The van der Waals surface area contributed by atoms with Gasteiger partial charge in [-0.25, -0.2) is 0 Å². The van der Waals surface area contributed by atoms with Crippen molar-refractivity contribution in [1.29, 1.82) is 0 Å². The average Bonchev–Trinajstić information content (AvgIpc) is 2.21. The second-order valence-corrected chi connectivity index (χ2v) is 5.90. The summed E-state index contributed by atoms with van der Waals surface area (Å²) in [6.07, 6.45) is 11.0. The Morgan fingerprint density at radius 2 is 1.65 bits per heavy atom. The molecule has 2 atom stereocenters. The van der Waals surface area contributed by atoms with Crippen molar-refractivity contribution < 1.29 is 9.84 Å². The highest BCUT2D eigenvalue weighted by Gasteiger charge is 2.17. The summed E-state index contributed by atoms with van der Waals surface area (Å²) in [5.74, 6) is 0.801. The van der Waals surface area contributed by atoms with Gasteiger partial charge in [0.15, 0.2) is 0 Å². The molecule has 0 aromatic heterocycles. The van der Waals surface area contributed by atoms with Crippen molar-refractivity contribution in [3.05, 3.63) is 0 Å². The van der Waals surface area contributed by atoms with Gasteiger partial charge in [-0.15, -0.1) is 0 Å². The molecule has 2 unspecified atom stereocenters. The molecule has 1 saturated heterocycles. The van der Waals surface area contributed by atoms with E-state index in [1.807, 2.05) is 0 Å². The van der Waals surface area contributed by atoms with Crippen molar-refractivity contribution in [3.8, 4) is 0 Å². The molecule has 1 aliphatic rings. The van der Waals surface area contributed by atoms with E-state index < -0.39 is 0 Å². The van der Waals surface area contributed by atoms with Gasteiger partial charge >= 0.3 is 0 Å². The maximum Gasteiger partial charge on any atom is 0.0597 e. The Hall–Kier alpha value is -0.0800. The minimum absolute atomic E-state index is 0.0653. The van der Waals surface area contributed by atoms with Gasteiger partial charge in [0.1, 0.15) is 0 Å². The number of aliphatic hydroxyl groups is 1. The van der Waals surface area contributed by atoms with Gasteiger partial charge in [0.2, 0.25) is 0 Å². The molecule has 1 heterocycles. The van der Waals surface area contributed by atoms with Crippen molar-refractivity contribution in [1.82, 2.24) is 0 Å². The number of hydrogen-bond donors (Lipinski definition) is 1. The van der Waals surface area contributed by atoms with E-state index in [9.17, 15) is 5.11 Å². The first-order valence-electron chi connectivity index (χ1n) is 7.48. The summed E-state index contributed by atoms with van der Waals surface area (Å²) in [6, 6.07) is 0. The number of ether oxygens (including phenoxy) is 1. The maximum absolute atomic E-state index is 9.82. The minimum atomic E-state index is -0.0653. The molecule has 1 rings (SSSR count). The minimum Gasteiger partial charge on any atom is -0.393 e. The molecule has 2 heteroatoms. The first kappa shape index (κ1) is 15.0. The van der Waals surface area contributed by atoms with Gasteiger partial charge in [-0.1, -0.05) is 46.0 Å². The largest absolute Gasteiger partial charge is 0.393 e. The third-order valence-electron chi connectivity index (χ3n) is 3.68. The molecule has 0 bridgehead atoms.